The van der Waals surface area contributed by atoms with Crippen molar-refractivity contribution in [2.45, 2.75) is 0 Å². The lowest BCUT2D eigenvalue weighted by atomic mass is 10.0. The van der Waals surface area contributed by atoms with Crippen LogP contribution in [0, 0.1) is 18.2 Å². The van der Waals surface area contributed by atoms with Crippen molar-refractivity contribution in [2.75, 3.05) is 0 Å². The first kappa shape index (κ1) is 9.48. The molecule has 0 saturated heterocycles. The molecular formula is C14H9F. The molecule has 2 rings (SSSR count). The van der Waals surface area contributed by atoms with Gasteiger partial charge in [-0.1, -0.05) is 42.3 Å². The van der Waals surface area contributed by atoms with Gasteiger partial charge in [0, 0.05) is 0 Å². The van der Waals surface area contributed by atoms with E-state index >= 15 is 0 Å². The van der Waals surface area contributed by atoms with Gasteiger partial charge in [0.1, 0.15) is 5.82 Å². The molecule has 0 aliphatic heterocycles. The van der Waals surface area contributed by atoms with E-state index in [-0.39, 0.29) is 5.82 Å². The predicted molar refractivity (Wildman–Crippen MR) is 59.8 cm³/mol. The highest BCUT2D eigenvalue weighted by molar-refractivity contribution is 5.65. The van der Waals surface area contributed by atoms with E-state index in [1.807, 2.05) is 30.3 Å². The van der Waals surface area contributed by atoms with Crippen LogP contribution in [0.5, 0.6) is 0 Å². The van der Waals surface area contributed by atoms with Crippen molar-refractivity contribution in [1.82, 2.24) is 0 Å². The van der Waals surface area contributed by atoms with Gasteiger partial charge in [-0.2, -0.15) is 0 Å². The molecule has 0 radical (unpaired) electrons. The summed E-state index contributed by atoms with van der Waals surface area (Å²) in [4.78, 5) is 0. The second-order valence-electron chi connectivity index (χ2n) is 3.20. The normalized spacial score (nSPS) is 9.60. The Morgan fingerprint density at radius 3 is 2.33 bits per heavy atom. The highest BCUT2D eigenvalue weighted by Gasteiger charge is 2.02. The van der Waals surface area contributed by atoms with Crippen molar-refractivity contribution < 1.29 is 4.39 Å². The smallest absolute Gasteiger partial charge is 0.138 e. The Morgan fingerprint density at radius 1 is 0.933 bits per heavy atom. The Morgan fingerprint density at radius 2 is 1.67 bits per heavy atom. The van der Waals surface area contributed by atoms with E-state index in [4.69, 9.17) is 6.42 Å². The molecule has 0 spiro atoms. The number of rotatable bonds is 1. The van der Waals surface area contributed by atoms with Crippen molar-refractivity contribution >= 4 is 0 Å². The molecular weight excluding hydrogens is 187 g/mol. The number of hydrogen-bond acceptors (Lipinski definition) is 0. The molecule has 0 unspecified atom stereocenters. The highest BCUT2D eigenvalue weighted by Crippen LogP contribution is 2.21. The van der Waals surface area contributed by atoms with Gasteiger partial charge in [0.25, 0.3) is 0 Å². The quantitative estimate of drug-likeness (QED) is 0.612. The molecule has 0 aliphatic carbocycles. The zero-order valence-corrected chi connectivity index (χ0v) is 8.07. The first-order valence-corrected chi connectivity index (χ1v) is 4.63. The molecule has 15 heavy (non-hydrogen) atoms. The number of hydrogen-bond donors (Lipinski definition) is 0. The summed E-state index contributed by atoms with van der Waals surface area (Å²) in [7, 11) is 0. The summed E-state index contributed by atoms with van der Waals surface area (Å²) in [6.07, 6.45) is 5.21. The fraction of sp³-hybridized carbons (Fsp3) is 0. The highest BCUT2D eigenvalue weighted by atomic mass is 19.1. The molecule has 0 aliphatic rings. The van der Waals surface area contributed by atoms with Gasteiger partial charge in [-0.3, -0.25) is 0 Å². The first-order valence-electron chi connectivity index (χ1n) is 4.63. The molecule has 0 saturated carbocycles. The van der Waals surface area contributed by atoms with Crippen LogP contribution in [0.1, 0.15) is 5.56 Å². The number of halogens is 1. The standard InChI is InChI=1S/C14H9F/c1-2-11-10-13(8-9-14(11)15)12-6-4-3-5-7-12/h1,3-10H. The van der Waals surface area contributed by atoms with Crippen LogP contribution in [0.2, 0.25) is 0 Å². The minimum atomic E-state index is -0.350. The van der Waals surface area contributed by atoms with Crippen molar-refractivity contribution in [3.05, 3.63) is 59.9 Å². The van der Waals surface area contributed by atoms with Gasteiger partial charge >= 0.3 is 0 Å². The molecule has 0 N–H and O–H groups in total. The molecule has 72 valence electrons. The van der Waals surface area contributed by atoms with E-state index in [1.54, 1.807) is 12.1 Å². The summed E-state index contributed by atoms with van der Waals surface area (Å²) in [6.45, 7) is 0. The molecule has 2 aromatic carbocycles. The monoisotopic (exact) mass is 196 g/mol. The minimum Gasteiger partial charge on any atom is -0.206 e. The van der Waals surface area contributed by atoms with E-state index in [9.17, 15) is 4.39 Å². The SMILES string of the molecule is C#Cc1cc(-c2ccccc2)ccc1F. The Kier molecular flexibility index (Phi) is 2.51. The van der Waals surface area contributed by atoms with E-state index in [1.165, 1.54) is 6.07 Å². The topological polar surface area (TPSA) is 0 Å². The van der Waals surface area contributed by atoms with Gasteiger partial charge in [-0.25, -0.2) is 4.39 Å². The van der Waals surface area contributed by atoms with Crippen molar-refractivity contribution in [2.24, 2.45) is 0 Å². The van der Waals surface area contributed by atoms with E-state index in [2.05, 4.69) is 5.92 Å². The summed E-state index contributed by atoms with van der Waals surface area (Å²) >= 11 is 0. The van der Waals surface area contributed by atoms with E-state index in [0.29, 0.717) is 5.56 Å². The van der Waals surface area contributed by atoms with Crippen LogP contribution in [0.3, 0.4) is 0 Å². The predicted octanol–water partition coefficient (Wildman–Crippen LogP) is 3.47. The second-order valence-corrected chi connectivity index (χ2v) is 3.20. The van der Waals surface area contributed by atoms with E-state index < -0.39 is 0 Å². The lowest BCUT2D eigenvalue weighted by Crippen LogP contribution is -1.85. The average molecular weight is 196 g/mol. The van der Waals surface area contributed by atoms with Crippen molar-refractivity contribution in [1.29, 1.82) is 0 Å². The molecule has 2 aromatic rings. The average Bonchev–Trinajstić information content (AvgIpc) is 2.31. The van der Waals surface area contributed by atoms with Gasteiger partial charge in [0.05, 0.1) is 5.56 Å². The lowest BCUT2D eigenvalue weighted by molar-refractivity contribution is 0.624. The van der Waals surface area contributed by atoms with Gasteiger partial charge in [0.2, 0.25) is 0 Å². The van der Waals surface area contributed by atoms with Crippen LogP contribution >= 0.6 is 0 Å². The summed E-state index contributed by atoms with van der Waals surface area (Å²) in [5.74, 6) is 1.98. The third-order valence-corrected chi connectivity index (χ3v) is 2.23. The van der Waals surface area contributed by atoms with Crippen molar-refractivity contribution in [3.8, 4) is 23.5 Å². The third kappa shape index (κ3) is 1.89. The van der Waals surface area contributed by atoms with Crippen LogP contribution in [-0.2, 0) is 0 Å². The second kappa shape index (κ2) is 3.98. The van der Waals surface area contributed by atoms with E-state index in [0.717, 1.165) is 11.1 Å². The summed E-state index contributed by atoms with van der Waals surface area (Å²) in [5, 5.41) is 0. The number of benzene rings is 2. The molecule has 0 bridgehead atoms. The zero-order valence-electron chi connectivity index (χ0n) is 8.07. The van der Waals surface area contributed by atoms with Gasteiger partial charge in [-0.05, 0) is 23.3 Å². The van der Waals surface area contributed by atoms with Crippen LogP contribution in [0.25, 0.3) is 11.1 Å². The lowest BCUT2D eigenvalue weighted by Gasteiger charge is -2.02. The van der Waals surface area contributed by atoms with Crippen LogP contribution < -0.4 is 0 Å². The first-order chi connectivity index (χ1) is 7.31. The molecule has 0 atom stereocenters. The molecule has 1 heteroatoms. The van der Waals surface area contributed by atoms with Crippen molar-refractivity contribution in [3.63, 3.8) is 0 Å². The fourth-order valence-electron chi connectivity index (χ4n) is 1.45. The maximum absolute atomic E-state index is 13.1. The molecule has 0 nitrogen and oxygen atoms in total. The van der Waals surface area contributed by atoms with Crippen LogP contribution in [0.4, 0.5) is 4.39 Å². The van der Waals surface area contributed by atoms with Gasteiger partial charge in [0.15, 0.2) is 0 Å². The molecule has 0 fully saturated rings. The number of terminal acetylenes is 1. The summed E-state index contributed by atoms with van der Waals surface area (Å²) in [5.41, 5.74) is 2.27. The molecule has 0 heterocycles. The largest absolute Gasteiger partial charge is 0.206 e. The van der Waals surface area contributed by atoms with Gasteiger partial charge in [-0.15, -0.1) is 6.42 Å². The summed E-state index contributed by atoms with van der Waals surface area (Å²) < 4.78 is 13.1. The van der Waals surface area contributed by atoms with Crippen LogP contribution in [0.15, 0.2) is 48.5 Å². The Labute approximate surface area is 88.4 Å². The molecule has 0 amide bonds. The third-order valence-electron chi connectivity index (χ3n) is 2.23. The fourth-order valence-corrected chi connectivity index (χ4v) is 1.45. The maximum atomic E-state index is 13.1. The maximum Gasteiger partial charge on any atom is 0.138 e. The van der Waals surface area contributed by atoms with Gasteiger partial charge < -0.3 is 0 Å². The zero-order chi connectivity index (χ0) is 10.7. The Balaban J connectivity index is 2.52. The summed E-state index contributed by atoms with van der Waals surface area (Å²) in [6, 6.07) is 14.6. The Hall–Kier alpha value is -2.07. The molecule has 0 aromatic heterocycles. The van der Waals surface area contributed by atoms with Crippen LogP contribution in [-0.4, -0.2) is 0 Å². The Bertz CT molecular complexity index is 507. The minimum absolute atomic E-state index is 0.302.